The van der Waals surface area contributed by atoms with E-state index in [1.54, 1.807) is 0 Å². The lowest BCUT2D eigenvalue weighted by molar-refractivity contribution is -0.180. The molecule has 122 valence electrons. The van der Waals surface area contributed by atoms with Gasteiger partial charge in [-0.2, -0.15) is 0 Å². The zero-order chi connectivity index (χ0) is 16.4. The fraction of sp³-hybridized carbons (Fsp3) is 0.611. The number of carbonyl (C=O) groups is 1. The molecule has 0 amide bonds. The molecule has 0 saturated carbocycles. The van der Waals surface area contributed by atoms with Gasteiger partial charge in [0.15, 0.2) is 0 Å². The SMILES string of the molecule is CC1(C)CC([C@H](N)C(=O)OCc2ccccc2)CC(C)(C)O1. The molecule has 0 bridgehead atoms. The minimum Gasteiger partial charge on any atom is -0.460 e. The van der Waals surface area contributed by atoms with Crippen LogP contribution in [-0.4, -0.2) is 23.2 Å². The second-order valence-electron chi connectivity index (χ2n) is 7.41. The molecule has 1 aromatic rings. The Morgan fingerprint density at radius 2 is 1.77 bits per heavy atom. The van der Waals surface area contributed by atoms with Crippen molar-refractivity contribution < 1.29 is 14.3 Å². The first-order valence-corrected chi connectivity index (χ1v) is 7.85. The average molecular weight is 305 g/mol. The molecule has 1 aromatic carbocycles. The van der Waals surface area contributed by atoms with E-state index in [-0.39, 0.29) is 29.7 Å². The number of esters is 1. The van der Waals surface area contributed by atoms with E-state index in [0.717, 1.165) is 18.4 Å². The van der Waals surface area contributed by atoms with Crippen molar-refractivity contribution in [3.05, 3.63) is 35.9 Å². The monoisotopic (exact) mass is 305 g/mol. The van der Waals surface area contributed by atoms with Gasteiger partial charge in [0.25, 0.3) is 0 Å². The summed E-state index contributed by atoms with van der Waals surface area (Å²) < 4.78 is 11.4. The highest BCUT2D eigenvalue weighted by Crippen LogP contribution is 2.39. The van der Waals surface area contributed by atoms with Gasteiger partial charge in [0.1, 0.15) is 12.6 Å². The number of ether oxygens (including phenoxy) is 2. The molecule has 2 N–H and O–H groups in total. The Morgan fingerprint density at radius 1 is 1.23 bits per heavy atom. The average Bonchev–Trinajstić information content (AvgIpc) is 2.41. The minimum absolute atomic E-state index is 0.0713. The lowest BCUT2D eigenvalue weighted by Crippen LogP contribution is -2.52. The summed E-state index contributed by atoms with van der Waals surface area (Å²) in [4.78, 5) is 12.2. The van der Waals surface area contributed by atoms with Gasteiger partial charge in [-0.25, -0.2) is 0 Å². The van der Waals surface area contributed by atoms with Crippen molar-refractivity contribution >= 4 is 5.97 Å². The van der Waals surface area contributed by atoms with Crippen molar-refractivity contribution in [1.82, 2.24) is 0 Å². The number of rotatable bonds is 4. The molecule has 0 aromatic heterocycles. The second kappa shape index (κ2) is 6.39. The van der Waals surface area contributed by atoms with E-state index < -0.39 is 6.04 Å². The van der Waals surface area contributed by atoms with E-state index in [1.165, 1.54) is 0 Å². The zero-order valence-corrected chi connectivity index (χ0v) is 14.0. The van der Waals surface area contributed by atoms with Crippen LogP contribution in [-0.2, 0) is 20.9 Å². The van der Waals surface area contributed by atoms with E-state index in [0.29, 0.717) is 0 Å². The van der Waals surface area contributed by atoms with E-state index in [1.807, 2.05) is 58.0 Å². The van der Waals surface area contributed by atoms with Gasteiger partial charge >= 0.3 is 5.97 Å². The first-order chi connectivity index (χ1) is 10.2. The lowest BCUT2D eigenvalue weighted by Gasteiger charge is -2.46. The van der Waals surface area contributed by atoms with Crippen molar-refractivity contribution in [3.8, 4) is 0 Å². The molecule has 1 fully saturated rings. The fourth-order valence-electron chi connectivity index (χ4n) is 3.44. The predicted molar refractivity (Wildman–Crippen MR) is 86.2 cm³/mol. The van der Waals surface area contributed by atoms with Gasteiger partial charge in [-0.05, 0) is 52.0 Å². The summed E-state index contributed by atoms with van der Waals surface area (Å²) in [6.45, 7) is 8.45. The second-order valence-corrected chi connectivity index (χ2v) is 7.41. The molecule has 1 aliphatic heterocycles. The summed E-state index contributed by atoms with van der Waals surface area (Å²) in [5, 5.41) is 0. The van der Waals surface area contributed by atoms with Crippen molar-refractivity contribution in [2.24, 2.45) is 11.7 Å². The van der Waals surface area contributed by atoms with Crippen LogP contribution in [0.25, 0.3) is 0 Å². The molecule has 0 spiro atoms. The minimum atomic E-state index is -0.605. The first-order valence-electron chi connectivity index (χ1n) is 7.85. The van der Waals surface area contributed by atoms with Crippen LogP contribution < -0.4 is 5.73 Å². The van der Waals surface area contributed by atoms with Crippen molar-refractivity contribution in [2.75, 3.05) is 0 Å². The highest BCUT2D eigenvalue weighted by Gasteiger charge is 2.43. The Bertz CT molecular complexity index is 494. The van der Waals surface area contributed by atoms with Crippen molar-refractivity contribution in [2.45, 2.75) is 64.4 Å². The van der Waals surface area contributed by atoms with Crippen LogP contribution in [0.15, 0.2) is 30.3 Å². The molecule has 1 saturated heterocycles. The molecule has 1 atom stereocenters. The Balaban J connectivity index is 1.95. The van der Waals surface area contributed by atoms with Crippen LogP contribution in [0.3, 0.4) is 0 Å². The molecule has 2 rings (SSSR count). The molecule has 4 nitrogen and oxygen atoms in total. The van der Waals surface area contributed by atoms with E-state index >= 15 is 0 Å². The molecule has 0 aliphatic carbocycles. The third-order valence-electron chi connectivity index (χ3n) is 4.06. The molecule has 4 heteroatoms. The van der Waals surface area contributed by atoms with Gasteiger partial charge in [0, 0.05) is 0 Å². The van der Waals surface area contributed by atoms with Gasteiger partial charge in [-0.15, -0.1) is 0 Å². The molecule has 22 heavy (non-hydrogen) atoms. The highest BCUT2D eigenvalue weighted by atomic mass is 16.5. The third kappa shape index (κ3) is 4.55. The molecule has 1 aliphatic rings. The summed E-state index contributed by atoms with van der Waals surface area (Å²) in [7, 11) is 0. The maximum absolute atomic E-state index is 12.2. The van der Waals surface area contributed by atoms with E-state index in [9.17, 15) is 4.79 Å². The topological polar surface area (TPSA) is 61.6 Å². The van der Waals surface area contributed by atoms with Crippen molar-refractivity contribution in [3.63, 3.8) is 0 Å². The molecule has 1 heterocycles. The Hall–Kier alpha value is -1.39. The Kier molecular flexibility index (Phi) is 4.93. The number of nitrogens with two attached hydrogens (primary N) is 1. The standard InChI is InChI=1S/C18H27NO3/c1-17(2)10-14(11-18(3,4)22-17)15(19)16(20)21-12-13-8-6-5-7-9-13/h5-9,14-15H,10-12,19H2,1-4H3/t15-/m0/s1. The molecular weight excluding hydrogens is 278 g/mol. The van der Waals surface area contributed by atoms with E-state index in [4.69, 9.17) is 15.2 Å². The van der Waals surface area contributed by atoms with Gasteiger partial charge < -0.3 is 15.2 Å². The van der Waals surface area contributed by atoms with Crippen LogP contribution in [0, 0.1) is 5.92 Å². The lowest BCUT2D eigenvalue weighted by atomic mass is 9.77. The Morgan fingerprint density at radius 3 is 2.32 bits per heavy atom. The van der Waals surface area contributed by atoms with Crippen LogP contribution >= 0.6 is 0 Å². The van der Waals surface area contributed by atoms with Crippen LogP contribution in [0.5, 0.6) is 0 Å². The van der Waals surface area contributed by atoms with E-state index in [2.05, 4.69) is 0 Å². The van der Waals surface area contributed by atoms with Crippen molar-refractivity contribution in [1.29, 1.82) is 0 Å². The maximum atomic E-state index is 12.2. The molecule has 0 radical (unpaired) electrons. The van der Waals surface area contributed by atoms with Crippen LogP contribution in [0.2, 0.25) is 0 Å². The quantitative estimate of drug-likeness (QED) is 0.869. The van der Waals surface area contributed by atoms with Gasteiger partial charge in [0.05, 0.1) is 11.2 Å². The number of benzene rings is 1. The molecular formula is C18H27NO3. The smallest absolute Gasteiger partial charge is 0.323 e. The fourth-order valence-corrected chi connectivity index (χ4v) is 3.44. The summed E-state index contributed by atoms with van der Waals surface area (Å²) in [5.41, 5.74) is 6.59. The molecule has 0 unspecified atom stereocenters. The number of hydrogen-bond donors (Lipinski definition) is 1. The van der Waals surface area contributed by atoms with Gasteiger partial charge in [-0.3, -0.25) is 4.79 Å². The van der Waals surface area contributed by atoms with Gasteiger partial charge in [0.2, 0.25) is 0 Å². The Labute approximate surface area is 133 Å². The maximum Gasteiger partial charge on any atom is 0.323 e. The zero-order valence-electron chi connectivity index (χ0n) is 14.0. The summed E-state index contributed by atoms with van der Waals surface area (Å²) >= 11 is 0. The number of hydrogen-bond acceptors (Lipinski definition) is 4. The largest absolute Gasteiger partial charge is 0.460 e. The van der Waals surface area contributed by atoms with Crippen LogP contribution in [0.4, 0.5) is 0 Å². The summed E-state index contributed by atoms with van der Waals surface area (Å²) in [6, 6.07) is 9.03. The first kappa shape index (κ1) is 17.0. The van der Waals surface area contributed by atoms with Crippen LogP contribution in [0.1, 0.15) is 46.1 Å². The number of carbonyl (C=O) groups excluding carboxylic acids is 1. The highest BCUT2D eigenvalue weighted by molar-refractivity contribution is 5.76. The normalized spacial score (nSPS) is 22.0. The summed E-state index contributed by atoms with van der Waals surface area (Å²) in [5.74, 6) is -0.260. The third-order valence-corrected chi connectivity index (χ3v) is 4.06. The summed E-state index contributed by atoms with van der Waals surface area (Å²) in [6.07, 6.45) is 1.52. The predicted octanol–water partition coefficient (Wildman–Crippen LogP) is 3.04. The van der Waals surface area contributed by atoms with Gasteiger partial charge in [-0.1, -0.05) is 30.3 Å².